The summed E-state index contributed by atoms with van der Waals surface area (Å²) in [6.07, 6.45) is 5.22. The third-order valence-electron chi connectivity index (χ3n) is 5.05. The molecule has 2 aromatic heterocycles. The molecule has 0 aliphatic rings. The fourth-order valence-electron chi connectivity index (χ4n) is 3.72. The zero-order valence-corrected chi connectivity index (χ0v) is 19.1. The first-order valence-corrected chi connectivity index (χ1v) is 10.6. The minimum absolute atomic E-state index is 0.0857. The smallest absolute Gasteiger partial charge is 0.142 e. The fraction of sp³-hybridized carbons (Fsp3) is 0.280. The maximum atomic E-state index is 14.5. The monoisotopic (exact) mass is 433 g/mol. The van der Waals surface area contributed by atoms with Crippen LogP contribution >= 0.6 is 0 Å². The Balaban J connectivity index is 0.00000141. The Bertz CT molecular complexity index is 1190. The highest BCUT2D eigenvalue weighted by Gasteiger charge is 2.18. The molecule has 32 heavy (non-hydrogen) atoms. The van der Waals surface area contributed by atoms with Crippen LogP contribution in [-0.2, 0) is 13.1 Å². The lowest BCUT2D eigenvalue weighted by atomic mass is 9.92. The van der Waals surface area contributed by atoms with E-state index in [4.69, 9.17) is 4.98 Å². The van der Waals surface area contributed by atoms with Gasteiger partial charge >= 0.3 is 0 Å². The molecule has 7 heteroatoms. The second-order valence-corrected chi connectivity index (χ2v) is 7.39. The molecule has 0 amide bonds. The normalized spacial score (nSPS) is 10.8. The molecular formula is C25H28FN5O. The van der Waals surface area contributed by atoms with Crippen LogP contribution in [-0.4, -0.2) is 37.0 Å². The Hall–Kier alpha value is -3.45. The number of rotatable bonds is 5. The van der Waals surface area contributed by atoms with E-state index in [1.807, 2.05) is 45.7 Å². The highest BCUT2D eigenvalue weighted by Crippen LogP contribution is 2.38. The van der Waals surface area contributed by atoms with Crippen molar-refractivity contribution < 1.29 is 9.50 Å². The van der Waals surface area contributed by atoms with Gasteiger partial charge in [0.15, 0.2) is 0 Å². The first-order chi connectivity index (χ1) is 15.4. The maximum absolute atomic E-state index is 14.5. The maximum Gasteiger partial charge on any atom is 0.142 e. The van der Waals surface area contributed by atoms with Crippen LogP contribution in [0.1, 0.15) is 36.6 Å². The predicted octanol–water partition coefficient (Wildman–Crippen LogP) is 5.21. The molecule has 4 aromatic rings. The van der Waals surface area contributed by atoms with E-state index in [1.54, 1.807) is 24.7 Å². The molecular weight excluding hydrogens is 405 g/mol. The molecule has 0 radical (unpaired) electrons. The zero-order chi connectivity index (χ0) is 23.3. The van der Waals surface area contributed by atoms with Gasteiger partial charge in [-0.3, -0.25) is 4.90 Å². The minimum Gasteiger partial charge on any atom is -0.507 e. The summed E-state index contributed by atoms with van der Waals surface area (Å²) in [5.74, 6) is 0.830. The van der Waals surface area contributed by atoms with Gasteiger partial charge in [-0.2, -0.15) is 0 Å². The number of phenolic OH excluding ortho intramolecular Hbond substituents is 1. The Morgan fingerprint density at radius 2 is 1.62 bits per heavy atom. The van der Waals surface area contributed by atoms with E-state index in [0.717, 1.165) is 27.9 Å². The molecule has 4 rings (SSSR count). The summed E-state index contributed by atoms with van der Waals surface area (Å²) < 4.78 is 14.5. The molecule has 0 aliphatic carbocycles. The third kappa shape index (κ3) is 4.89. The molecule has 0 bridgehead atoms. The van der Waals surface area contributed by atoms with Gasteiger partial charge in [-0.05, 0) is 61.9 Å². The third-order valence-corrected chi connectivity index (χ3v) is 5.05. The largest absolute Gasteiger partial charge is 0.507 e. The number of aromatic nitrogens is 4. The average Bonchev–Trinajstić information content (AvgIpc) is 2.78. The lowest BCUT2D eigenvalue weighted by Crippen LogP contribution is -2.20. The van der Waals surface area contributed by atoms with Crippen molar-refractivity contribution in [2.75, 3.05) is 7.05 Å². The van der Waals surface area contributed by atoms with Gasteiger partial charge < -0.3 is 5.11 Å². The van der Waals surface area contributed by atoms with Crippen LogP contribution in [0, 0.1) is 19.7 Å². The highest BCUT2D eigenvalue weighted by molar-refractivity contribution is 5.91. The Morgan fingerprint density at radius 3 is 2.31 bits per heavy atom. The zero-order valence-electron chi connectivity index (χ0n) is 19.1. The number of phenols is 1. The van der Waals surface area contributed by atoms with Crippen molar-refractivity contribution in [3.63, 3.8) is 0 Å². The average molecular weight is 434 g/mol. The van der Waals surface area contributed by atoms with Crippen LogP contribution in [0.2, 0.25) is 0 Å². The van der Waals surface area contributed by atoms with E-state index < -0.39 is 5.82 Å². The van der Waals surface area contributed by atoms with Crippen LogP contribution in [0.15, 0.2) is 48.9 Å². The first kappa shape index (κ1) is 23.2. The van der Waals surface area contributed by atoms with Crippen LogP contribution < -0.4 is 0 Å². The first-order valence-electron chi connectivity index (χ1n) is 10.6. The van der Waals surface area contributed by atoms with E-state index in [-0.39, 0.29) is 11.3 Å². The number of fused-ring (bicyclic) bond motifs is 1. The van der Waals surface area contributed by atoms with Crippen molar-refractivity contribution in [3.8, 4) is 16.9 Å². The molecule has 2 heterocycles. The van der Waals surface area contributed by atoms with Gasteiger partial charge in [0.1, 0.15) is 23.2 Å². The van der Waals surface area contributed by atoms with Crippen molar-refractivity contribution in [3.05, 3.63) is 77.5 Å². The number of halogens is 1. The second-order valence-electron chi connectivity index (χ2n) is 7.39. The van der Waals surface area contributed by atoms with Crippen LogP contribution in [0.4, 0.5) is 4.39 Å². The number of hydrogen-bond acceptors (Lipinski definition) is 6. The summed E-state index contributed by atoms with van der Waals surface area (Å²) in [5, 5.41) is 11.2. The quantitative estimate of drug-likeness (QED) is 0.466. The Labute approximate surface area is 187 Å². The number of aryl methyl sites for hydroxylation is 2. The number of benzene rings is 2. The van der Waals surface area contributed by atoms with Gasteiger partial charge in [-0.1, -0.05) is 19.9 Å². The standard InChI is InChI=1S/C23H22FN5O.C2H6/c1-14-10-16-11-27-20(13-29(3)12-19-25-8-5-9-26-19)28-23(16)15(2)21(14)22-17(24)6-4-7-18(22)30;1-2/h4-11,30H,12-13H2,1-3H3;1-2H3. The molecule has 0 aliphatic heterocycles. The van der Waals surface area contributed by atoms with Crippen LogP contribution in [0.25, 0.3) is 22.0 Å². The van der Waals surface area contributed by atoms with E-state index in [1.165, 1.54) is 18.2 Å². The minimum atomic E-state index is -0.461. The van der Waals surface area contributed by atoms with Crippen LogP contribution in [0.5, 0.6) is 5.75 Å². The van der Waals surface area contributed by atoms with Crippen molar-refractivity contribution in [1.29, 1.82) is 0 Å². The SMILES string of the molecule is CC.Cc1cc2cnc(CN(C)Cc3ncccn3)nc2c(C)c1-c1c(O)cccc1F. The molecule has 1 N–H and O–H groups in total. The second kappa shape index (κ2) is 10.2. The van der Waals surface area contributed by atoms with E-state index in [2.05, 4.69) is 15.0 Å². The highest BCUT2D eigenvalue weighted by atomic mass is 19.1. The van der Waals surface area contributed by atoms with Crippen molar-refractivity contribution >= 4 is 10.9 Å². The number of aromatic hydroxyl groups is 1. The molecule has 0 saturated heterocycles. The molecule has 0 saturated carbocycles. The van der Waals surface area contributed by atoms with Crippen molar-refractivity contribution in [1.82, 2.24) is 24.8 Å². The topological polar surface area (TPSA) is 75.0 Å². The van der Waals surface area contributed by atoms with Gasteiger partial charge in [0.2, 0.25) is 0 Å². The van der Waals surface area contributed by atoms with Crippen molar-refractivity contribution in [2.45, 2.75) is 40.8 Å². The molecule has 166 valence electrons. The lowest BCUT2D eigenvalue weighted by Gasteiger charge is -2.17. The van der Waals surface area contributed by atoms with Gasteiger partial charge in [0.05, 0.1) is 24.2 Å². The van der Waals surface area contributed by atoms with E-state index >= 15 is 0 Å². The molecule has 0 unspecified atom stereocenters. The number of nitrogens with zero attached hydrogens (tertiary/aromatic N) is 5. The molecule has 0 spiro atoms. The molecule has 0 fully saturated rings. The van der Waals surface area contributed by atoms with Gasteiger partial charge in [-0.15, -0.1) is 0 Å². The Kier molecular flexibility index (Phi) is 7.43. The Morgan fingerprint density at radius 1 is 0.938 bits per heavy atom. The summed E-state index contributed by atoms with van der Waals surface area (Å²) in [6, 6.07) is 8.05. The van der Waals surface area contributed by atoms with E-state index in [0.29, 0.717) is 24.5 Å². The molecule has 6 nitrogen and oxygen atoms in total. The summed E-state index contributed by atoms with van der Waals surface area (Å²) in [5.41, 5.74) is 3.27. The summed E-state index contributed by atoms with van der Waals surface area (Å²) in [4.78, 5) is 19.8. The lowest BCUT2D eigenvalue weighted by molar-refractivity contribution is 0.303. The van der Waals surface area contributed by atoms with Gasteiger partial charge in [0.25, 0.3) is 0 Å². The van der Waals surface area contributed by atoms with Crippen LogP contribution in [0.3, 0.4) is 0 Å². The predicted molar refractivity (Wildman–Crippen MR) is 125 cm³/mol. The van der Waals surface area contributed by atoms with Crippen molar-refractivity contribution in [2.24, 2.45) is 0 Å². The van der Waals surface area contributed by atoms with E-state index in [9.17, 15) is 9.50 Å². The summed E-state index contributed by atoms with van der Waals surface area (Å²) in [6.45, 7) is 8.88. The fourth-order valence-corrected chi connectivity index (χ4v) is 3.72. The van der Waals surface area contributed by atoms with Gasteiger partial charge in [-0.25, -0.2) is 24.3 Å². The summed E-state index contributed by atoms with van der Waals surface area (Å²) >= 11 is 0. The van der Waals surface area contributed by atoms with Gasteiger partial charge in [0, 0.05) is 24.0 Å². The summed E-state index contributed by atoms with van der Waals surface area (Å²) in [7, 11) is 1.95. The number of hydrogen-bond donors (Lipinski definition) is 1. The molecule has 0 atom stereocenters. The molecule has 2 aromatic carbocycles.